The van der Waals surface area contributed by atoms with Crippen molar-refractivity contribution in [2.75, 3.05) is 12.0 Å². The van der Waals surface area contributed by atoms with Crippen molar-refractivity contribution >= 4 is 23.6 Å². The first kappa shape index (κ1) is 12.2. The summed E-state index contributed by atoms with van der Waals surface area (Å²) in [5, 5.41) is 2.57. The third-order valence-corrected chi connectivity index (χ3v) is 2.27. The van der Waals surface area contributed by atoms with Crippen LogP contribution in [0, 0.1) is 0 Å². The molecule has 0 aromatic heterocycles. The summed E-state index contributed by atoms with van der Waals surface area (Å²) in [5.74, 6) is 4.11. The monoisotopic (exact) mass is 205 g/mol. The zero-order chi connectivity index (χ0) is 10.3. The van der Waals surface area contributed by atoms with Gasteiger partial charge in [0.05, 0.1) is 0 Å². The molecule has 0 saturated heterocycles. The average molecular weight is 205 g/mol. The molecule has 4 N–H and O–H groups in total. The predicted molar refractivity (Wildman–Crippen MR) is 52.9 cm³/mol. The van der Waals surface area contributed by atoms with Crippen LogP contribution >= 0.6 is 11.8 Å². The topological polar surface area (TPSA) is 84.2 Å². The first-order valence-corrected chi connectivity index (χ1v) is 5.35. The van der Waals surface area contributed by atoms with Crippen molar-refractivity contribution in [1.29, 1.82) is 0 Å². The molecule has 1 atom stereocenters. The summed E-state index contributed by atoms with van der Waals surface area (Å²) >= 11 is 1.62. The largest absolute Gasteiger partial charge is 0.344 e. The van der Waals surface area contributed by atoms with Gasteiger partial charge in [0.15, 0.2) is 0 Å². The number of carbonyl (C=O) groups excluding carboxylic acids is 2. The van der Waals surface area contributed by atoms with E-state index in [-0.39, 0.29) is 6.04 Å². The van der Waals surface area contributed by atoms with E-state index in [1.54, 1.807) is 17.2 Å². The zero-order valence-electron chi connectivity index (χ0n) is 7.79. The summed E-state index contributed by atoms with van der Waals surface area (Å²) in [6, 6.07) is 0.0276. The fraction of sp³-hybridized carbons (Fsp3) is 0.714. The number of rotatable bonds is 4. The second-order valence-corrected chi connectivity index (χ2v) is 3.42. The molecule has 0 rings (SSSR count). The summed E-state index contributed by atoms with van der Waals surface area (Å²) in [4.78, 5) is 21.7. The number of carbonyl (C=O) groups is 2. The van der Waals surface area contributed by atoms with Crippen LogP contribution in [-0.4, -0.2) is 29.9 Å². The summed E-state index contributed by atoms with van der Waals surface area (Å²) in [6.45, 7) is 1.95. The minimum Gasteiger partial charge on any atom is -0.344 e. The zero-order valence-corrected chi connectivity index (χ0v) is 8.61. The molecule has 0 saturated carbocycles. The third-order valence-electron chi connectivity index (χ3n) is 1.53. The number of hydrogen-bond acceptors (Lipinski definition) is 4. The van der Waals surface area contributed by atoms with Gasteiger partial charge in [-0.3, -0.25) is 15.0 Å². The smallest absolute Gasteiger partial charge is 0.323 e. The second-order valence-electron chi connectivity index (χ2n) is 2.51. The van der Waals surface area contributed by atoms with Gasteiger partial charge in [-0.25, -0.2) is 5.84 Å². The number of hydrogen-bond donors (Lipinski definition) is 3. The van der Waals surface area contributed by atoms with E-state index in [1.165, 1.54) is 0 Å². The van der Waals surface area contributed by atoms with Crippen LogP contribution in [-0.2, 0) is 9.59 Å². The van der Waals surface area contributed by atoms with E-state index in [2.05, 4.69) is 5.32 Å². The van der Waals surface area contributed by atoms with Gasteiger partial charge in [0.25, 0.3) is 0 Å². The van der Waals surface area contributed by atoms with Crippen LogP contribution in [0.5, 0.6) is 0 Å². The van der Waals surface area contributed by atoms with Crippen molar-refractivity contribution < 1.29 is 9.59 Å². The maximum absolute atomic E-state index is 11.0. The molecular formula is C7H15N3O2S. The second kappa shape index (κ2) is 6.73. The lowest BCUT2D eigenvalue weighted by molar-refractivity contribution is -0.139. The molecule has 5 nitrogen and oxygen atoms in total. The number of thioether (sulfide) groups is 1. The molecular weight excluding hydrogens is 190 g/mol. The van der Waals surface area contributed by atoms with E-state index in [0.29, 0.717) is 0 Å². The minimum atomic E-state index is -0.806. The molecule has 0 aliphatic carbocycles. The molecule has 13 heavy (non-hydrogen) atoms. The van der Waals surface area contributed by atoms with Gasteiger partial charge < -0.3 is 5.32 Å². The molecule has 1 unspecified atom stereocenters. The van der Waals surface area contributed by atoms with Gasteiger partial charge >= 0.3 is 11.8 Å². The Morgan fingerprint density at radius 3 is 2.46 bits per heavy atom. The number of hydrazine groups is 1. The standard InChI is InChI=1S/C7H15N3O2S/c1-3-5(4-13-2)9-6(11)7(12)10-8/h5H,3-4,8H2,1-2H3,(H,9,11)(H,10,12). The summed E-state index contributed by atoms with van der Waals surface area (Å²) in [5.41, 5.74) is 1.78. The van der Waals surface area contributed by atoms with Gasteiger partial charge in [-0.05, 0) is 12.7 Å². The summed E-state index contributed by atoms with van der Waals surface area (Å²) in [6.07, 6.45) is 2.74. The maximum atomic E-state index is 11.0. The van der Waals surface area contributed by atoms with Crippen molar-refractivity contribution in [2.24, 2.45) is 5.84 Å². The van der Waals surface area contributed by atoms with Crippen molar-refractivity contribution in [1.82, 2.24) is 10.7 Å². The highest BCUT2D eigenvalue weighted by Crippen LogP contribution is 2.00. The van der Waals surface area contributed by atoms with E-state index < -0.39 is 11.8 Å². The Morgan fingerprint density at radius 1 is 1.46 bits per heavy atom. The molecule has 0 aromatic rings. The molecule has 0 bridgehead atoms. The lowest BCUT2D eigenvalue weighted by Crippen LogP contribution is -2.47. The minimum absolute atomic E-state index is 0.0276. The van der Waals surface area contributed by atoms with Crippen LogP contribution < -0.4 is 16.6 Å². The molecule has 0 radical (unpaired) electrons. The quantitative estimate of drug-likeness (QED) is 0.244. The van der Waals surface area contributed by atoms with Crippen LogP contribution in [0.3, 0.4) is 0 Å². The van der Waals surface area contributed by atoms with Crippen LogP contribution in [0.25, 0.3) is 0 Å². The predicted octanol–water partition coefficient (Wildman–Crippen LogP) is -0.766. The molecule has 0 aliphatic rings. The SMILES string of the molecule is CCC(CSC)NC(=O)C(=O)NN. The highest BCUT2D eigenvalue weighted by Gasteiger charge is 2.15. The number of amides is 2. The highest BCUT2D eigenvalue weighted by molar-refractivity contribution is 7.98. The van der Waals surface area contributed by atoms with Crippen LogP contribution in [0.4, 0.5) is 0 Å². The third kappa shape index (κ3) is 4.74. The van der Waals surface area contributed by atoms with E-state index in [4.69, 9.17) is 5.84 Å². The first-order valence-electron chi connectivity index (χ1n) is 3.96. The lowest BCUT2D eigenvalue weighted by atomic mass is 10.2. The Bertz CT molecular complexity index is 187. The molecule has 0 spiro atoms. The lowest BCUT2D eigenvalue weighted by Gasteiger charge is -2.14. The fourth-order valence-electron chi connectivity index (χ4n) is 0.779. The summed E-state index contributed by atoms with van der Waals surface area (Å²) in [7, 11) is 0. The van der Waals surface area contributed by atoms with E-state index in [1.807, 2.05) is 13.2 Å². The average Bonchev–Trinajstić information content (AvgIpc) is 2.15. The number of nitrogens with two attached hydrogens (primary N) is 1. The molecule has 0 fully saturated rings. The molecule has 0 aliphatic heterocycles. The Hall–Kier alpha value is -0.750. The van der Waals surface area contributed by atoms with E-state index in [9.17, 15) is 9.59 Å². The van der Waals surface area contributed by atoms with Gasteiger partial charge in [-0.2, -0.15) is 11.8 Å². The normalized spacial score (nSPS) is 11.9. The Labute approximate surface area is 81.8 Å². The van der Waals surface area contributed by atoms with E-state index >= 15 is 0 Å². The summed E-state index contributed by atoms with van der Waals surface area (Å²) < 4.78 is 0. The van der Waals surface area contributed by atoms with Crippen molar-refractivity contribution in [3.63, 3.8) is 0 Å². The van der Waals surface area contributed by atoms with Gasteiger partial charge in [0.1, 0.15) is 0 Å². The van der Waals surface area contributed by atoms with Gasteiger partial charge in [0.2, 0.25) is 0 Å². The van der Waals surface area contributed by atoms with E-state index in [0.717, 1.165) is 12.2 Å². The number of nitrogens with one attached hydrogen (secondary N) is 2. The van der Waals surface area contributed by atoms with Gasteiger partial charge in [-0.1, -0.05) is 6.92 Å². The van der Waals surface area contributed by atoms with Crippen molar-refractivity contribution in [3.05, 3.63) is 0 Å². The molecule has 76 valence electrons. The van der Waals surface area contributed by atoms with Gasteiger partial charge in [0, 0.05) is 11.8 Å². The maximum Gasteiger partial charge on any atom is 0.323 e. The Balaban J connectivity index is 3.93. The molecule has 6 heteroatoms. The Morgan fingerprint density at radius 2 is 2.08 bits per heavy atom. The van der Waals surface area contributed by atoms with Crippen LogP contribution in [0.15, 0.2) is 0 Å². The molecule has 0 aromatic carbocycles. The van der Waals surface area contributed by atoms with Crippen molar-refractivity contribution in [2.45, 2.75) is 19.4 Å². The van der Waals surface area contributed by atoms with Gasteiger partial charge in [-0.15, -0.1) is 0 Å². The van der Waals surface area contributed by atoms with Crippen LogP contribution in [0.2, 0.25) is 0 Å². The molecule has 0 heterocycles. The highest BCUT2D eigenvalue weighted by atomic mass is 32.2. The first-order chi connectivity index (χ1) is 6.15. The fourth-order valence-corrected chi connectivity index (χ4v) is 1.50. The molecule has 2 amide bonds. The van der Waals surface area contributed by atoms with Crippen LogP contribution in [0.1, 0.15) is 13.3 Å². The Kier molecular flexibility index (Phi) is 6.34. The van der Waals surface area contributed by atoms with Crippen molar-refractivity contribution in [3.8, 4) is 0 Å².